The van der Waals surface area contributed by atoms with Crippen LogP contribution in [0.2, 0.25) is 0 Å². The van der Waals surface area contributed by atoms with Gasteiger partial charge in [0.15, 0.2) is 0 Å². The number of likely N-dealkylation sites (N-methyl/N-ethyl adjacent to an activating group) is 1. The number of pyridine rings is 2. The normalized spacial score (nSPS) is 14.7. The number of nitrogens with one attached hydrogen (secondary N) is 2. The molecule has 0 radical (unpaired) electrons. The van der Waals surface area contributed by atoms with Crippen LogP contribution in [0, 0.1) is 0 Å². The molecule has 2 amide bonds. The highest BCUT2D eigenvalue weighted by molar-refractivity contribution is 5.88. The summed E-state index contributed by atoms with van der Waals surface area (Å²) in [6, 6.07) is 7.16. The number of hydrogen-bond donors (Lipinski definition) is 2. The Hall–Kier alpha value is -2.87. The van der Waals surface area contributed by atoms with E-state index in [0.717, 1.165) is 44.1 Å². The van der Waals surface area contributed by atoms with Crippen molar-refractivity contribution < 1.29 is 9.53 Å². The fourth-order valence-electron chi connectivity index (χ4n) is 2.93. The summed E-state index contributed by atoms with van der Waals surface area (Å²) in [5.41, 5.74) is 1.56. The van der Waals surface area contributed by atoms with E-state index in [4.69, 9.17) is 4.74 Å². The number of carbonyl (C=O) groups is 1. The first kappa shape index (κ1) is 18.9. The van der Waals surface area contributed by atoms with Crippen LogP contribution in [-0.4, -0.2) is 60.7 Å². The minimum absolute atomic E-state index is 0.290. The molecule has 27 heavy (non-hydrogen) atoms. The Bertz CT molecular complexity index is 727. The Kier molecular flexibility index (Phi) is 6.43. The van der Waals surface area contributed by atoms with Gasteiger partial charge in [-0.2, -0.15) is 0 Å². The number of rotatable bonds is 6. The minimum atomic E-state index is -0.290. The number of amides is 2. The van der Waals surface area contributed by atoms with Gasteiger partial charge in [-0.25, -0.2) is 14.8 Å². The quantitative estimate of drug-likeness (QED) is 0.809. The van der Waals surface area contributed by atoms with Gasteiger partial charge in [0.05, 0.1) is 19.0 Å². The molecular formula is C19H26N6O2. The van der Waals surface area contributed by atoms with Gasteiger partial charge in [0, 0.05) is 45.0 Å². The smallest absolute Gasteiger partial charge is 0.319 e. The molecule has 3 heterocycles. The zero-order valence-electron chi connectivity index (χ0n) is 15.8. The number of carbonyl (C=O) groups excluding carboxylic acids is 1. The summed E-state index contributed by atoms with van der Waals surface area (Å²) in [5.74, 6) is 1.49. The second kappa shape index (κ2) is 9.18. The van der Waals surface area contributed by atoms with Gasteiger partial charge in [-0.15, -0.1) is 0 Å². The zero-order valence-corrected chi connectivity index (χ0v) is 15.8. The number of aromatic nitrogens is 2. The third-order valence-electron chi connectivity index (χ3n) is 4.61. The summed E-state index contributed by atoms with van der Waals surface area (Å²) in [4.78, 5) is 25.3. The number of nitrogens with zero attached hydrogens (tertiary/aromatic N) is 4. The molecule has 1 saturated heterocycles. The van der Waals surface area contributed by atoms with Gasteiger partial charge in [0.2, 0.25) is 5.88 Å². The van der Waals surface area contributed by atoms with Crippen LogP contribution in [0.4, 0.5) is 16.3 Å². The van der Waals surface area contributed by atoms with E-state index in [9.17, 15) is 4.79 Å². The molecule has 2 aromatic heterocycles. The first-order chi connectivity index (χ1) is 13.2. The number of hydrogen-bond acceptors (Lipinski definition) is 6. The lowest BCUT2D eigenvalue weighted by Crippen LogP contribution is -2.46. The highest BCUT2D eigenvalue weighted by atomic mass is 16.5. The summed E-state index contributed by atoms with van der Waals surface area (Å²) in [6.45, 7) is 7.83. The third kappa shape index (κ3) is 5.30. The van der Waals surface area contributed by atoms with Crippen LogP contribution in [0.25, 0.3) is 0 Å². The SMILES string of the molecule is CCN1CCN(c2ccc(CNC(=O)Nc3ccc(OC)nc3)cn2)CC1. The minimum Gasteiger partial charge on any atom is -0.481 e. The molecule has 0 saturated carbocycles. The van der Waals surface area contributed by atoms with E-state index in [2.05, 4.69) is 37.3 Å². The predicted octanol–water partition coefficient (Wildman–Crippen LogP) is 1.95. The van der Waals surface area contributed by atoms with Gasteiger partial charge in [0.25, 0.3) is 0 Å². The van der Waals surface area contributed by atoms with Crippen molar-refractivity contribution in [1.82, 2.24) is 20.2 Å². The fourth-order valence-corrected chi connectivity index (χ4v) is 2.93. The number of piperazine rings is 1. The highest BCUT2D eigenvalue weighted by Gasteiger charge is 2.16. The zero-order chi connectivity index (χ0) is 19.1. The molecule has 3 rings (SSSR count). The van der Waals surface area contributed by atoms with E-state index in [-0.39, 0.29) is 6.03 Å². The van der Waals surface area contributed by atoms with Crippen LogP contribution in [0.1, 0.15) is 12.5 Å². The maximum atomic E-state index is 12.0. The maximum Gasteiger partial charge on any atom is 0.319 e. The maximum absolute atomic E-state index is 12.0. The topological polar surface area (TPSA) is 82.6 Å². The molecule has 1 aliphatic rings. The lowest BCUT2D eigenvalue weighted by Gasteiger charge is -2.34. The first-order valence-electron chi connectivity index (χ1n) is 9.15. The van der Waals surface area contributed by atoms with Crippen molar-refractivity contribution in [3.8, 4) is 5.88 Å². The Labute approximate surface area is 159 Å². The average Bonchev–Trinajstić information content (AvgIpc) is 2.73. The van der Waals surface area contributed by atoms with Crippen molar-refractivity contribution >= 4 is 17.5 Å². The summed E-state index contributed by atoms with van der Waals surface area (Å²) < 4.78 is 4.99. The van der Waals surface area contributed by atoms with Crippen molar-refractivity contribution in [2.24, 2.45) is 0 Å². The van der Waals surface area contributed by atoms with Gasteiger partial charge < -0.3 is 25.2 Å². The molecule has 0 spiro atoms. The van der Waals surface area contributed by atoms with E-state index in [1.54, 1.807) is 25.4 Å². The Morgan fingerprint density at radius 2 is 1.93 bits per heavy atom. The molecule has 1 fully saturated rings. The van der Waals surface area contributed by atoms with Crippen molar-refractivity contribution in [2.75, 3.05) is 50.1 Å². The van der Waals surface area contributed by atoms with E-state index in [1.807, 2.05) is 18.3 Å². The summed E-state index contributed by atoms with van der Waals surface area (Å²) in [6.07, 6.45) is 3.36. The van der Waals surface area contributed by atoms with Crippen LogP contribution in [-0.2, 0) is 6.54 Å². The molecule has 8 nitrogen and oxygen atoms in total. The molecule has 0 atom stereocenters. The Morgan fingerprint density at radius 3 is 2.52 bits per heavy atom. The van der Waals surface area contributed by atoms with Crippen molar-refractivity contribution in [3.05, 3.63) is 42.2 Å². The van der Waals surface area contributed by atoms with Crippen LogP contribution >= 0.6 is 0 Å². The molecule has 2 aromatic rings. The van der Waals surface area contributed by atoms with Crippen molar-refractivity contribution in [2.45, 2.75) is 13.5 Å². The van der Waals surface area contributed by atoms with Crippen LogP contribution < -0.4 is 20.3 Å². The van der Waals surface area contributed by atoms with Crippen molar-refractivity contribution in [1.29, 1.82) is 0 Å². The number of urea groups is 1. The second-order valence-electron chi connectivity index (χ2n) is 6.34. The van der Waals surface area contributed by atoms with Crippen molar-refractivity contribution in [3.63, 3.8) is 0 Å². The summed E-state index contributed by atoms with van der Waals surface area (Å²) >= 11 is 0. The lowest BCUT2D eigenvalue weighted by atomic mass is 10.2. The Morgan fingerprint density at radius 1 is 1.11 bits per heavy atom. The van der Waals surface area contributed by atoms with Crippen LogP contribution in [0.5, 0.6) is 5.88 Å². The second-order valence-corrected chi connectivity index (χ2v) is 6.34. The molecular weight excluding hydrogens is 344 g/mol. The highest BCUT2D eigenvalue weighted by Crippen LogP contribution is 2.14. The Balaban J connectivity index is 1.46. The number of ether oxygens (including phenoxy) is 1. The monoisotopic (exact) mass is 370 g/mol. The molecule has 0 bridgehead atoms. The predicted molar refractivity (Wildman–Crippen MR) is 105 cm³/mol. The van der Waals surface area contributed by atoms with Gasteiger partial charge >= 0.3 is 6.03 Å². The number of methoxy groups -OCH3 is 1. The van der Waals surface area contributed by atoms with Gasteiger partial charge in [-0.3, -0.25) is 0 Å². The summed E-state index contributed by atoms with van der Waals surface area (Å²) in [5, 5.41) is 5.55. The average molecular weight is 370 g/mol. The van der Waals surface area contributed by atoms with E-state index >= 15 is 0 Å². The first-order valence-corrected chi connectivity index (χ1v) is 9.15. The molecule has 0 unspecified atom stereocenters. The molecule has 2 N–H and O–H groups in total. The fraction of sp³-hybridized carbons (Fsp3) is 0.421. The largest absolute Gasteiger partial charge is 0.481 e. The molecule has 0 aliphatic carbocycles. The van der Waals surface area contributed by atoms with E-state index in [1.165, 1.54) is 0 Å². The van der Waals surface area contributed by atoms with Gasteiger partial charge in [-0.1, -0.05) is 13.0 Å². The molecule has 8 heteroatoms. The third-order valence-corrected chi connectivity index (χ3v) is 4.61. The lowest BCUT2D eigenvalue weighted by molar-refractivity contribution is 0.251. The van der Waals surface area contributed by atoms with E-state index in [0.29, 0.717) is 18.1 Å². The molecule has 144 valence electrons. The van der Waals surface area contributed by atoms with E-state index < -0.39 is 0 Å². The van der Waals surface area contributed by atoms with Crippen LogP contribution in [0.15, 0.2) is 36.7 Å². The van der Waals surface area contributed by atoms with Gasteiger partial charge in [0.1, 0.15) is 5.82 Å². The standard InChI is InChI=1S/C19H26N6O2/c1-3-24-8-10-25(11-9-24)17-6-4-15(12-20-17)13-22-19(26)23-16-5-7-18(27-2)21-14-16/h4-7,12,14H,3,8-11,13H2,1-2H3,(H2,22,23,26). The summed E-state index contributed by atoms with van der Waals surface area (Å²) in [7, 11) is 1.55. The number of anilines is 2. The molecule has 1 aliphatic heterocycles. The van der Waals surface area contributed by atoms with Crippen LogP contribution in [0.3, 0.4) is 0 Å². The van der Waals surface area contributed by atoms with Gasteiger partial charge in [-0.05, 0) is 24.2 Å². The molecule has 0 aromatic carbocycles.